The van der Waals surface area contributed by atoms with E-state index in [9.17, 15) is 10.0 Å². The molecule has 0 bridgehead atoms. The van der Waals surface area contributed by atoms with Crippen LogP contribution in [0.5, 0.6) is 0 Å². The highest BCUT2D eigenvalue weighted by atomic mass is 35.5. The minimum absolute atomic E-state index is 0.238. The monoisotopic (exact) mass is 480 g/mol. The number of amides is 1. The number of nitrogens with zero attached hydrogens (tertiary/aromatic N) is 3. The standard InChI is InChI=1S/C22H23Cl3N4O2/c1-14-20(22(30)29(31)27-11-3-2-4-12-27)26-28(19-10-9-17(24)13-18(19)25)21(14)15-5-7-16(23)8-6-15/h5-10,13-14,21,29H,2-4,11-12H2,1H3/t14-,21+/m0/s1. The van der Waals surface area contributed by atoms with E-state index in [0.717, 1.165) is 24.8 Å². The molecule has 6 nitrogen and oxygen atoms in total. The fourth-order valence-electron chi connectivity index (χ4n) is 4.19. The van der Waals surface area contributed by atoms with Crippen LogP contribution in [0.4, 0.5) is 5.69 Å². The van der Waals surface area contributed by atoms with E-state index in [1.54, 1.807) is 40.3 Å². The van der Waals surface area contributed by atoms with Crippen LogP contribution in [0.2, 0.25) is 15.1 Å². The van der Waals surface area contributed by atoms with Crippen molar-refractivity contribution >= 4 is 52.1 Å². The minimum Gasteiger partial charge on any atom is -0.605 e. The molecule has 2 aliphatic rings. The fourth-order valence-corrected chi connectivity index (χ4v) is 4.81. The number of carbonyl (C=O) groups is 1. The van der Waals surface area contributed by atoms with Gasteiger partial charge in [-0.1, -0.05) is 60.3 Å². The number of carbonyl (C=O) groups excluding carboxylic acids is 1. The Bertz CT molecular complexity index is 993. The van der Waals surface area contributed by atoms with Gasteiger partial charge in [0.15, 0.2) is 5.71 Å². The number of rotatable bonds is 4. The van der Waals surface area contributed by atoms with Crippen LogP contribution in [0, 0.1) is 11.1 Å². The van der Waals surface area contributed by atoms with Crippen molar-refractivity contribution in [3.05, 3.63) is 68.3 Å². The molecule has 0 spiro atoms. The number of halogens is 3. The first-order valence-corrected chi connectivity index (χ1v) is 11.4. The zero-order valence-electron chi connectivity index (χ0n) is 17.0. The lowest BCUT2D eigenvalue weighted by atomic mass is 9.91. The van der Waals surface area contributed by atoms with Gasteiger partial charge in [0.25, 0.3) is 0 Å². The average molecular weight is 482 g/mol. The van der Waals surface area contributed by atoms with Crippen molar-refractivity contribution < 1.29 is 9.97 Å². The Kier molecular flexibility index (Phi) is 6.86. The SMILES string of the molecule is C[C@H]1C(C(=O)[NH+]([O-])N2CCCCC2)=NN(c2ccc(Cl)cc2Cl)[C@H]1c1ccc(Cl)cc1. The summed E-state index contributed by atoms with van der Waals surface area (Å²) in [4.78, 5) is 13.2. The molecule has 1 fully saturated rings. The van der Waals surface area contributed by atoms with E-state index in [2.05, 4.69) is 5.10 Å². The lowest BCUT2D eigenvalue weighted by Gasteiger charge is -2.34. The number of nitrogens with one attached hydrogen (secondary N) is 1. The molecule has 0 saturated carbocycles. The highest BCUT2D eigenvalue weighted by Crippen LogP contribution is 2.42. The van der Waals surface area contributed by atoms with Gasteiger partial charge in [-0.05, 0) is 48.7 Å². The number of hydrogen-bond donors (Lipinski definition) is 1. The van der Waals surface area contributed by atoms with Crippen molar-refractivity contribution in [2.24, 2.45) is 11.0 Å². The van der Waals surface area contributed by atoms with Gasteiger partial charge in [-0.15, -0.1) is 5.01 Å². The maximum absolute atomic E-state index is 13.2. The Morgan fingerprint density at radius 3 is 2.32 bits per heavy atom. The van der Waals surface area contributed by atoms with Crippen LogP contribution in [0.1, 0.15) is 37.8 Å². The number of piperidine rings is 1. The van der Waals surface area contributed by atoms with Gasteiger partial charge in [-0.3, -0.25) is 5.01 Å². The number of benzene rings is 2. The van der Waals surface area contributed by atoms with Crippen LogP contribution in [0.3, 0.4) is 0 Å². The summed E-state index contributed by atoms with van der Waals surface area (Å²) in [5.41, 5.74) is 1.77. The third-order valence-corrected chi connectivity index (χ3v) is 6.61. The predicted octanol–water partition coefficient (Wildman–Crippen LogP) is 4.51. The predicted molar refractivity (Wildman–Crippen MR) is 124 cm³/mol. The summed E-state index contributed by atoms with van der Waals surface area (Å²) in [6.07, 6.45) is 2.92. The van der Waals surface area contributed by atoms with Crippen LogP contribution in [0.25, 0.3) is 0 Å². The van der Waals surface area contributed by atoms with Crippen molar-refractivity contribution in [3.63, 3.8) is 0 Å². The zero-order valence-corrected chi connectivity index (χ0v) is 19.3. The minimum atomic E-state index is -0.555. The first-order chi connectivity index (χ1) is 14.9. The van der Waals surface area contributed by atoms with Gasteiger partial charge in [0, 0.05) is 29.1 Å². The quantitative estimate of drug-likeness (QED) is 0.653. The Labute approximate surface area is 196 Å². The van der Waals surface area contributed by atoms with Crippen molar-refractivity contribution in [1.29, 1.82) is 0 Å². The van der Waals surface area contributed by atoms with Gasteiger partial charge in [0.05, 0.1) is 16.8 Å². The lowest BCUT2D eigenvalue weighted by Crippen LogP contribution is -3.17. The number of anilines is 1. The highest BCUT2D eigenvalue weighted by molar-refractivity contribution is 6.38. The summed E-state index contributed by atoms with van der Waals surface area (Å²) in [6.45, 7) is 3.13. The highest BCUT2D eigenvalue weighted by Gasteiger charge is 2.43. The lowest BCUT2D eigenvalue weighted by molar-refractivity contribution is -0.897. The third-order valence-electron chi connectivity index (χ3n) is 5.82. The van der Waals surface area contributed by atoms with Gasteiger partial charge >= 0.3 is 5.91 Å². The molecule has 1 unspecified atom stereocenters. The molecule has 0 aromatic heterocycles. The summed E-state index contributed by atoms with van der Waals surface area (Å²) in [7, 11) is 0. The second kappa shape index (κ2) is 9.45. The largest absolute Gasteiger partial charge is 0.605 e. The molecule has 2 aromatic rings. The summed E-state index contributed by atoms with van der Waals surface area (Å²) in [5, 5.41) is 21.9. The molecular formula is C22H23Cl3N4O2. The summed E-state index contributed by atoms with van der Waals surface area (Å²) >= 11 is 18.6. The smallest absolute Gasteiger partial charge is 0.380 e. The van der Waals surface area contributed by atoms with Crippen molar-refractivity contribution in [2.45, 2.75) is 32.2 Å². The maximum Gasteiger partial charge on any atom is 0.380 e. The molecule has 1 amide bonds. The van der Waals surface area contributed by atoms with Gasteiger partial charge in [-0.2, -0.15) is 5.10 Å². The van der Waals surface area contributed by atoms with Gasteiger partial charge in [0.2, 0.25) is 0 Å². The Morgan fingerprint density at radius 2 is 1.68 bits per heavy atom. The van der Waals surface area contributed by atoms with E-state index in [-0.39, 0.29) is 17.7 Å². The molecule has 0 radical (unpaired) electrons. The van der Waals surface area contributed by atoms with E-state index >= 15 is 0 Å². The molecule has 3 atom stereocenters. The maximum atomic E-state index is 13.2. The van der Waals surface area contributed by atoms with E-state index in [0.29, 0.717) is 33.8 Å². The van der Waals surface area contributed by atoms with E-state index < -0.39 is 11.1 Å². The summed E-state index contributed by atoms with van der Waals surface area (Å²) < 4.78 is 0. The normalized spacial score (nSPS) is 23.0. The molecule has 31 heavy (non-hydrogen) atoms. The molecule has 9 heteroatoms. The first kappa shape index (κ1) is 22.5. The molecule has 4 rings (SSSR count). The van der Waals surface area contributed by atoms with Gasteiger partial charge in [-0.25, -0.2) is 9.97 Å². The Morgan fingerprint density at radius 1 is 1.03 bits per heavy atom. The molecule has 1 N–H and O–H groups in total. The fraction of sp³-hybridized carbons (Fsp3) is 0.364. The summed E-state index contributed by atoms with van der Waals surface area (Å²) in [6, 6.07) is 12.2. The molecule has 2 aromatic carbocycles. The van der Waals surface area contributed by atoms with E-state index in [4.69, 9.17) is 34.8 Å². The van der Waals surface area contributed by atoms with Crippen LogP contribution in [-0.4, -0.2) is 29.7 Å². The van der Waals surface area contributed by atoms with E-state index in [1.165, 1.54) is 0 Å². The van der Waals surface area contributed by atoms with Crippen molar-refractivity contribution in [3.8, 4) is 0 Å². The van der Waals surface area contributed by atoms with Crippen LogP contribution in [0.15, 0.2) is 47.6 Å². The van der Waals surface area contributed by atoms with Crippen molar-refractivity contribution in [1.82, 2.24) is 5.01 Å². The number of hydrazone groups is 1. The third kappa shape index (κ3) is 4.60. The topological polar surface area (TPSA) is 63.4 Å². The number of hydroxylamine groups is 1. The molecule has 164 valence electrons. The van der Waals surface area contributed by atoms with Crippen LogP contribution in [-0.2, 0) is 4.79 Å². The average Bonchev–Trinajstić information content (AvgIpc) is 3.10. The Balaban J connectivity index is 1.71. The second-order valence-electron chi connectivity index (χ2n) is 7.89. The van der Waals surface area contributed by atoms with Crippen LogP contribution >= 0.6 is 34.8 Å². The van der Waals surface area contributed by atoms with Crippen LogP contribution < -0.4 is 10.2 Å². The summed E-state index contributed by atoms with van der Waals surface area (Å²) in [5.74, 6) is -0.880. The van der Waals surface area contributed by atoms with Gasteiger partial charge in [0.1, 0.15) is 0 Å². The van der Waals surface area contributed by atoms with Crippen molar-refractivity contribution in [2.75, 3.05) is 18.1 Å². The Hall–Kier alpha value is -1.67. The molecule has 2 aliphatic heterocycles. The van der Waals surface area contributed by atoms with E-state index in [1.807, 2.05) is 19.1 Å². The molecule has 1 saturated heterocycles. The molecule has 2 heterocycles. The molecular weight excluding hydrogens is 459 g/mol. The molecule has 0 aliphatic carbocycles. The number of hydrogen-bond acceptors (Lipinski definition) is 5. The first-order valence-electron chi connectivity index (χ1n) is 10.3. The second-order valence-corrected chi connectivity index (χ2v) is 9.17. The number of quaternary nitrogens is 1. The van der Waals surface area contributed by atoms with Gasteiger partial charge < -0.3 is 5.21 Å². The zero-order chi connectivity index (χ0) is 22.1.